The van der Waals surface area contributed by atoms with E-state index in [1.54, 1.807) is 7.11 Å². The second kappa shape index (κ2) is 6.71. The van der Waals surface area contributed by atoms with Crippen LogP contribution >= 0.6 is 11.6 Å². The standard InChI is InChI=1S/C17H17ClN4O/c1-11-14(10-21-22-11)9-20-17-6-4-13(8-19-17)12-3-5-16(23-2)15(18)7-12/h3-8,10H,9H2,1-2H3,(H,19,20)(H,21,22). The molecule has 0 radical (unpaired) electrons. The number of H-pyrrole nitrogens is 1. The van der Waals surface area contributed by atoms with Crippen LogP contribution in [0.4, 0.5) is 5.82 Å². The number of methoxy groups -OCH3 is 1. The summed E-state index contributed by atoms with van der Waals surface area (Å²) >= 11 is 6.17. The van der Waals surface area contributed by atoms with Gasteiger partial charge in [-0.2, -0.15) is 5.10 Å². The maximum absolute atomic E-state index is 6.17. The number of rotatable bonds is 5. The van der Waals surface area contributed by atoms with E-state index in [1.165, 1.54) is 0 Å². The van der Waals surface area contributed by atoms with E-state index in [1.807, 2.05) is 49.6 Å². The molecule has 2 N–H and O–H groups in total. The van der Waals surface area contributed by atoms with E-state index in [-0.39, 0.29) is 0 Å². The zero-order chi connectivity index (χ0) is 16.2. The van der Waals surface area contributed by atoms with Crippen LogP contribution in [0, 0.1) is 6.92 Å². The monoisotopic (exact) mass is 328 g/mol. The summed E-state index contributed by atoms with van der Waals surface area (Å²) in [6, 6.07) is 9.65. The summed E-state index contributed by atoms with van der Waals surface area (Å²) in [4.78, 5) is 4.44. The molecule has 0 spiro atoms. The second-order valence-corrected chi connectivity index (χ2v) is 5.56. The molecule has 0 aliphatic heterocycles. The lowest BCUT2D eigenvalue weighted by Crippen LogP contribution is -2.01. The van der Waals surface area contributed by atoms with Crippen molar-refractivity contribution in [1.29, 1.82) is 0 Å². The number of pyridine rings is 1. The summed E-state index contributed by atoms with van der Waals surface area (Å²) in [6.07, 6.45) is 3.64. The van der Waals surface area contributed by atoms with Gasteiger partial charge in [-0.15, -0.1) is 0 Å². The number of benzene rings is 1. The number of anilines is 1. The van der Waals surface area contributed by atoms with Crippen molar-refractivity contribution < 1.29 is 4.74 Å². The number of ether oxygens (including phenoxy) is 1. The molecule has 2 heterocycles. The van der Waals surface area contributed by atoms with E-state index in [9.17, 15) is 0 Å². The zero-order valence-corrected chi connectivity index (χ0v) is 13.7. The van der Waals surface area contributed by atoms with Crippen LogP contribution in [0.15, 0.2) is 42.7 Å². The molecule has 1 aromatic carbocycles. The number of hydrogen-bond donors (Lipinski definition) is 2. The van der Waals surface area contributed by atoms with Crippen LogP contribution in [0.1, 0.15) is 11.3 Å². The van der Waals surface area contributed by atoms with Crippen LogP contribution in [-0.2, 0) is 6.54 Å². The molecule has 0 fully saturated rings. The Morgan fingerprint density at radius 2 is 2.00 bits per heavy atom. The largest absolute Gasteiger partial charge is 0.495 e. The van der Waals surface area contributed by atoms with Gasteiger partial charge in [-0.3, -0.25) is 5.10 Å². The third kappa shape index (κ3) is 3.46. The van der Waals surface area contributed by atoms with Crippen molar-refractivity contribution in [2.45, 2.75) is 13.5 Å². The highest BCUT2D eigenvalue weighted by molar-refractivity contribution is 6.32. The summed E-state index contributed by atoms with van der Waals surface area (Å²) in [7, 11) is 1.60. The van der Waals surface area contributed by atoms with Gasteiger partial charge in [0.25, 0.3) is 0 Å². The van der Waals surface area contributed by atoms with Crippen LogP contribution in [0.2, 0.25) is 5.02 Å². The van der Waals surface area contributed by atoms with Gasteiger partial charge in [0.2, 0.25) is 0 Å². The van der Waals surface area contributed by atoms with Gasteiger partial charge in [0.05, 0.1) is 18.3 Å². The van der Waals surface area contributed by atoms with Gasteiger partial charge in [-0.05, 0) is 36.8 Å². The molecule has 0 amide bonds. The highest BCUT2D eigenvalue weighted by Crippen LogP contribution is 2.30. The predicted molar refractivity (Wildman–Crippen MR) is 91.9 cm³/mol. The van der Waals surface area contributed by atoms with Crippen LogP contribution in [0.25, 0.3) is 11.1 Å². The zero-order valence-electron chi connectivity index (χ0n) is 12.9. The van der Waals surface area contributed by atoms with Gasteiger partial charge in [-0.1, -0.05) is 17.7 Å². The molecule has 0 aliphatic rings. The summed E-state index contributed by atoms with van der Waals surface area (Å²) in [5.41, 5.74) is 4.18. The van der Waals surface area contributed by atoms with E-state index in [0.717, 1.165) is 28.2 Å². The summed E-state index contributed by atoms with van der Waals surface area (Å²) in [5, 5.41) is 10.8. The minimum absolute atomic E-state index is 0.586. The highest BCUT2D eigenvalue weighted by atomic mass is 35.5. The Balaban J connectivity index is 1.71. The quantitative estimate of drug-likeness (QED) is 0.741. The first kappa shape index (κ1) is 15.4. The van der Waals surface area contributed by atoms with Crippen LogP contribution in [-0.4, -0.2) is 22.3 Å². The van der Waals surface area contributed by atoms with E-state index < -0.39 is 0 Å². The number of halogens is 1. The van der Waals surface area contributed by atoms with E-state index in [0.29, 0.717) is 17.3 Å². The van der Waals surface area contributed by atoms with E-state index in [4.69, 9.17) is 16.3 Å². The first-order chi connectivity index (χ1) is 11.2. The number of nitrogens with zero attached hydrogens (tertiary/aromatic N) is 2. The molecule has 0 aliphatic carbocycles. The number of aromatic amines is 1. The Hall–Kier alpha value is -2.53. The average molecular weight is 329 g/mol. The fourth-order valence-electron chi connectivity index (χ4n) is 2.25. The fraction of sp³-hybridized carbons (Fsp3) is 0.176. The molecule has 2 aromatic heterocycles. The fourth-order valence-corrected chi connectivity index (χ4v) is 2.51. The molecule has 0 bridgehead atoms. The van der Waals surface area contributed by atoms with Gasteiger partial charge in [0.1, 0.15) is 11.6 Å². The predicted octanol–water partition coefficient (Wildman–Crippen LogP) is 4.05. The third-order valence-corrected chi connectivity index (χ3v) is 3.94. The first-order valence-corrected chi connectivity index (χ1v) is 7.58. The molecule has 0 saturated carbocycles. The van der Waals surface area contributed by atoms with Gasteiger partial charge < -0.3 is 10.1 Å². The molecule has 6 heteroatoms. The molecule has 5 nitrogen and oxygen atoms in total. The lowest BCUT2D eigenvalue weighted by atomic mass is 10.1. The van der Waals surface area contributed by atoms with Crippen molar-refractivity contribution in [3.05, 3.63) is 59.0 Å². The third-order valence-electron chi connectivity index (χ3n) is 3.64. The molecular weight excluding hydrogens is 312 g/mol. The molecule has 0 atom stereocenters. The molecule has 3 rings (SSSR count). The Kier molecular flexibility index (Phi) is 4.48. The number of hydrogen-bond acceptors (Lipinski definition) is 4. The summed E-state index contributed by atoms with van der Waals surface area (Å²) in [5.74, 6) is 1.48. The molecule has 23 heavy (non-hydrogen) atoms. The van der Waals surface area contributed by atoms with Crippen molar-refractivity contribution in [3.8, 4) is 16.9 Å². The SMILES string of the molecule is COc1ccc(-c2ccc(NCc3cn[nH]c3C)nc2)cc1Cl. The second-order valence-electron chi connectivity index (χ2n) is 5.16. The summed E-state index contributed by atoms with van der Waals surface area (Å²) < 4.78 is 5.17. The van der Waals surface area contributed by atoms with Gasteiger partial charge in [0.15, 0.2) is 0 Å². The van der Waals surface area contributed by atoms with Gasteiger partial charge >= 0.3 is 0 Å². The van der Waals surface area contributed by atoms with Crippen molar-refractivity contribution >= 4 is 17.4 Å². The minimum atomic E-state index is 0.586. The van der Waals surface area contributed by atoms with Crippen molar-refractivity contribution in [3.63, 3.8) is 0 Å². The maximum atomic E-state index is 6.17. The normalized spacial score (nSPS) is 10.6. The minimum Gasteiger partial charge on any atom is -0.495 e. The van der Waals surface area contributed by atoms with Crippen LogP contribution in [0.5, 0.6) is 5.75 Å². The van der Waals surface area contributed by atoms with E-state index >= 15 is 0 Å². The molecular formula is C17H17ClN4O. The Bertz CT molecular complexity index is 799. The summed E-state index contributed by atoms with van der Waals surface area (Å²) in [6.45, 7) is 2.68. The smallest absolute Gasteiger partial charge is 0.137 e. The Labute approximate surface area is 139 Å². The lowest BCUT2D eigenvalue weighted by Gasteiger charge is -2.08. The van der Waals surface area contributed by atoms with Crippen molar-refractivity contribution in [2.24, 2.45) is 0 Å². The lowest BCUT2D eigenvalue weighted by molar-refractivity contribution is 0.415. The van der Waals surface area contributed by atoms with Crippen LogP contribution < -0.4 is 10.1 Å². The van der Waals surface area contributed by atoms with Crippen molar-refractivity contribution in [1.82, 2.24) is 15.2 Å². The van der Waals surface area contributed by atoms with Gasteiger partial charge in [0, 0.05) is 29.6 Å². The highest BCUT2D eigenvalue weighted by Gasteiger charge is 2.05. The molecule has 0 saturated heterocycles. The molecule has 3 aromatic rings. The maximum Gasteiger partial charge on any atom is 0.137 e. The average Bonchev–Trinajstić information content (AvgIpc) is 2.98. The Morgan fingerprint density at radius 3 is 2.61 bits per heavy atom. The number of nitrogens with one attached hydrogen (secondary N) is 2. The van der Waals surface area contributed by atoms with Crippen LogP contribution in [0.3, 0.4) is 0 Å². The van der Waals surface area contributed by atoms with Crippen molar-refractivity contribution in [2.75, 3.05) is 12.4 Å². The van der Waals surface area contributed by atoms with E-state index in [2.05, 4.69) is 20.5 Å². The first-order valence-electron chi connectivity index (χ1n) is 7.20. The number of aromatic nitrogens is 3. The Morgan fingerprint density at radius 1 is 1.17 bits per heavy atom. The topological polar surface area (TPSA) is 62.8 Å². The molecule has 118 valence electrons. The number of aryl methyl sites for hydroxylation is 1. The molecule has 0 unspecified atom stereocenters. The van der Waals surface area contributed by atoms with Gasteiger partial charge in [-0.25, -0.2) is 4.98 Å².